The van der Waals surface area contributed by atoms with Crippen molar-refractivity contribution in [2.75, 3.05) is 13.2 Å². The normalized spacial score (nSPS) is 12.2. The van der Waals surface area contributed by atoms with Crippen molar-refractivity contribution in [3.8, 4) is 17.1 Å². The third kappa shape index (κ3) is 8.46. The van der Waals surface area contributed by atoms with E-state index in [1.54, 1.807) is 30.6 Å². The summed E-state index contributed by atoms with van der Waals surface area (Å²) in [5.74, 6) is 0.236. The second-order valence-electron chi connectivity index (χ2n) is 7.31. The zero-order chi connectivity index (χ0) is 21.6. The van der Waals surface area contributed by atoms with E-state index in [-0.39, 0.29) is 12.4 Å². The SMILES string of the molecule is C=CCOc1ccc(-c2ncc(/C=C/CCCC(C)OCCCCC)cn2)cc1F. The van der Waals surface area contributed by atoms with E-state index in [4.69, 9.17) is 9.47 Å². The van der Waals surface area contributed by atoms with Gasteiger partial charge in [0, 0.05) is 30.1 Å². The molecule has 2 aromatic rings. The molecule has 1 aromatic carbocycles. The molecule has 0 bridgehead atoms. The lowest BCUT2D eigenvalue weighted by atomic mass is 10.1. The van der Waals surface area contributed by atoms with Crippen molar-refractivity contribution in [1.29, 1.82) is 0 Å². The number of hydrogen-bond acceptors (Lipinski definition) is 4. The van der Waals surface area contributed by atoms with Crippen LogP contribution in [0.1, 0.15) is 57.9 Å². The molecule has 162 valence electrons. The summed E-state index contributed by atoms with van der Waals surface area (Å²) in [6.07, 6.45) is 16.3. The highest BCUT2D eigenvalue weighted by Gasteiger charge is 2.08. The molecule has 0 saturated carbocycles. The number of benzene rings is 1. The Labute approximate surface area is 179 Å². The highest BCUT2D eigenvalue weighted by atomic mass is 19.1. The van der Waals surface area contributed by atoms with Crippen LogP contribution in [-0.2, 0) is 4.74 Å². The Balaban J connectivity index is 1.77. The maximum atomic E-state index is 14.1. The second-order valence-corrected chi connectivity index (χ2v) is 7.31. The molecular formula is C25H33FN2O2. The van der Waals surface area contributed by atoms with Crippen molar-refractivity contribution in [1.82, 2.24) is 9.97 Å². The number of nitrogens with zero attached hydrogens (tertiary/aromatic N) is 2. The molecule has 2 rings (SSSR count). The average molecular weight is 413 g/mol. The Morgan fingerprint density at radius 1 is 1.17 bits per heavy atom. The molecule has 0 saturated heterocycles. The van der Waals surface area contributed by atoms with Crippen LogP contribution in [0.2, 0.25) is 0 Å². The third-order valence-electron chi connectivity index (χ3n) is 4.66. The number of unbranched alkanes of at least 4 members (excludes halogenated alkanes) is 3. The van der Waals surface area contributed by atoms with Gasteiger partial charge in [0.05, 0.1) is 6.10 Å². The third-order valence-corrected chi connectivity index (χ3v) is 4.66. The molecule has 0 aliphatic rings. The number of allylic oxidation sites excluding steroid dienone is 1. The molecule has 4 nitrogen and oxygen atoms in total. The molecule has 0 aliphatic heterocycles. The molecule has 1 atom stereocenters. The van der Waals surface area contributed by atoms with Crippen LogP contribution < -0.4 is 4.74 Å². The fourth-order valence-corrected chi connectivity index (χ4v) is 2.94. The molecule has 0 N–H and O–H groups in total. The standard InChI is InChI=1S/C25H33FN2O2/c1-4-6-10-16-29-20(3)11-8-7-9-12-21-18-27-25(28-19-21)22-13-14-24(23(26)17-22)30-15-5-2/h5,9,12-14,17-20H,2,4,6-8,10-11,15-16H2,1,3H3/b12-9+. The quantitative estimate of drug-likeness (QED) is 0.258. The first-order valence-electron chi connectivity index (χ1n) is 10.8. The zero-order valence-corrected chi connectivity index (χ0v) is 18.1. The summed E-state index contributed by atoms with van der Waals surface area (Å²) in [5, 5.41) is 0. The van der Waals surface area contributed by atoms with Crippen LogP contribution in [-0.4, -0.2) is 29.3 Å². The Kier molecular flexibility index (Phi) is 10.8. The lowest BCUT2D eigenvalue weighted by molar-refractivity contribution is 0.0566. The van der Waals surface area contributed by atoms with Crippen molar-refractivity contribution in [2.24, 2.45) is 0 Å². The monoisotopic (exact) mass is 412 g/mol. The minimum absolute atomic E-state index is 0.193. The summed E-state index contributed by atoms with van der Waals surface area (Å²) in [6, 6.07) is 4.71. The number of halogens is 1. The summed E-state index contributed by atoms with van der Waals surface area (Å²) in [6.45, 7) is 9.03. The van der Waals surface area contributed by atoms with E-state index >= 15 is 0 Å². The van der Waals surface area contributed by atoms with Crippen molar-refractivity contribution in [2.45, 2.75) is 58.5 Å². The summed E-state index contributed by atoms with van der Waals surface area (Å²) >= 11 is 0. The zero-order valence-electron chi connectivity index (χ0n) is 18.1. The minimum atomic E-state index is -0.439. The predicted molar refractivity (Wildman–Crippen MR) is 121 cm³/mol. The van der Waals surface area contributed by atoms with Gasteiger partial charge in [0.2, 0.25) is 0 Å². The van der Waals surface area contributed by atoms with Crippen LogP contribution in [0.4, 0.5) is 4.39 Å². The Morgan fingerprint density at radius 2 is 1.97 bits per heavy atom. The van der Waals surface area contributed by atoms with Crippen molar-refractivity contribution < 1.29 is 13.9 Å². The van der Waals surface area contributed by atoms with Gasteiger partial charge in [-0.25, -0.2) is 14.4 Å². The van der Waals surface area contributed by atoms with Crippen LogP contribution in [0, 0.1) is 5.82 Å². The number of rotatable bonds is 14. The molecule has 1 aromatic heterocycles. The van der Waals surface area contributed by atoms with E-state index in [0.29, 0.717) is 17.5 Å². The van der Waals surface area contributed by atoms with Gasteiger partial charge in [-0.1, -0.05) is 44.6 Å². The molecule has 30 heavy (non-hydrogen) atoms. The minimum Gasteiger partial charge on any atom is -0.486 e. The summed E-state index contributed by atoms with van der Waals surface area (Å²) in [4.78, 5) is 8.70. The molecule has 0 fully saturated rings. The number of ether oxygens (including phenoxy) is 2. The van der Waals surface area contributed by atoms with Gasteiger partial charge in [0.25, 0.3) is 0 Å². The van der Waals surface area contributed by atoms with Gasteiger partial charge in [-0.2, -0.15) is 0 Å². The van der Waals surface area contributed by atoms with Crippen molar-refractivity contribution in [3.05, 3.63) is 60.7 Å². The highest BCUT2D eigenvalue weighted by molar-refractivity contribution is 5.57. The summed E-state index contributed by atoms with van der Waals surface area (Å²) in [7, 11) is 0. The fraction of sp³-hybridized carbons (Fsp3) is 0.440. The maximum absolute atomic E-state index is 14.1. The van der Waals surface area contributed by atoms with Gasteiger partial charge in [-0.3, -0.25) is 0 Å². The van der Waals surface area contributed by atoms with Crippen molar-refractivity contribution >= 4 is 6.08 Å². The maximum Gasteiger partial charge on any atom is 0.165 e. The molecule has 0 amide bonds. The first-order valence-corrected chi connectivity index (χ1v) is 10.8. The lowest BCUT2D eigenvalue weighted by Crippen LogP contribution is -2.08. The molecule has 0 spiro atoms. The summed E-state index contributed by atoms with van der Waals surface area (Å²) < 4.78 is 25.2. The van der Waals surface area contributed by atoms with E-state index in [0.717, 1.165) is 37.9 Å². The van der Waals surface area contributed by atoms with Crippen LogP contribution in [0.15, 0.2) is 49.3 Å². The second kappa shape index (κ2) is 13.6. The topological polar surface area (TPSA) is 44.2 Å². The Bertz CT molecular complexity index is 790. The lowest BCUT2D eigenvalue weighted by Gasteiger charge is -2.11. The number of aromatic nitrogens is 2. The molecular weight excluding hydrogens is 379 g/mol. The first-order chi connectivity index (χ1) is 14.6. The highest BCUT2D eigenvalue weighted by Crippen LogP contribution is 2.23. The van der Waals surface area contributed by atoms with Gasteiger partial charge in [0.15, 0.2) is 17.4 Å². The van der Waals surface area contributed by atoms with E-state index in [9.17, 15) is 4.39 Å². The molecule has 5 heteroatoms. The van der Waals surface area contributed by atoms with Gasteiger partial charge < -0.3 is 9.47 Å². The Hall–Kier alpha value is -2.53. The van der Waals surface area contributed by atoms with Gasteiger partial charge in [-0.15, -0.1) is 0 Å². The van der Waals surface area contributed by atoms with Crippen molar-refractivity contribution in [3.63, 3.8) is 0 Å². The van der Waals surface area contributed by atoms with Gasteiger partial charge in [-0.05, 0) is 50.8 Å². The summed E-state index contributed by atoms with van der Waals surface area (Å²) in [5.41, 5.74) is 1.54. The largest absolute Gasteiger partial charge is 0.486 e. The van der Waals surface area contributed by atoms with Crippen LogP contribution in [0.5, 0.6) is 5.75 Å². The average Bonchev–Trinajstić information content (AvgIpc) is 2.76. The molecule has 1 unspecified atom stereocenters. The van der Waals surface area contributed by atoms with Crippen LogP contribution in [0.3, 0.4) is 0 Å². The first kappa shape index (κ1) is 23.7. The number of hydrogen-bond donors (Lipinski definition) is 0. The van der Waals surface area contributed by atoms with Gasteiger partial charge in [0.1, 0.15) is 6.61 Å². The van der Waals surface area contributed by atoms with Crippen LogP contribution >= 0.6 is 0 Å². The molecule has 0 radical (unpaired) electrons. The van der Waals surface area contributed by atoms with Gasteiger partial charge >= 0.3 is 0 Å². The van der Waals surface area contributed by atoms with Crippen LogP contribution in [0.25, 0.3) is 17.5 Å². The molecule has 0 aliphatic carbocycles. The molecule has 1 heterocycles. The van der Waals surface area contributed by atoms with E-state index in [1.165, 1.54) is 18.9 Å². The Morgan fingerprint density at radius 3 is 2.67 bits per heavy atom. The smallest absolute Gasteiger partial charge is 0.165 e. The fourth-order valence-electron chi connectivity index (χ4n) is 2.94. The predicted octanol–water partition coefficient (Wildman–Crippen LogP) is 6.63. The van der Waals surface area contributed by atoms with E-state index in [1.807, 2.05) is 6.08 Å². The van der Waals surface area contributed by atoms with E-state index < -0.39 is 5.82 Å². The van der Waals surface area contributed by atoms with E-state index in [2.05, 4.69) is 36.5 Å².